The second kappa shape index (κ2) is 4.71. The van der Waals surface area contributed by atoms with E-state index in [9.17, 15) is 4.79 Å². The number of hydrogen-bond acceptors (Lipinski definition) is 1. The van der Waals surface area contributed by atoms with E-state index in [4.69, 9.17) is 0 Å². The van der Waals surface area contributed by atoms with Gasteiger partial charge in [-0.15, -0.1) is 0 Å². The second-order valence-corrected chi connectivity index (χ2v) is 1.23. The van der Waals surface area contributed by atoms with Gasteiger partial charge in [-0.2, -0.15) is 0 Å². The summed E-state index contributed by atoms with van der Waals surface area (Å²) in [7, 11) is 0. The maximum atomic E-state index is 9.33. The van der Waals surface area contributed by atoms with Crippen LogP contribution < -0.4 is 0 Å². The van der Waals surface area contributed by atoms with Gasteiger partial charge in [-0.1, -0.05) is 0 Å². The van der Waals surface area contributed by atoms with Crippen LogP contribution in [0.5, 0.6) is 0 Å². The van der Waals surface area contributed by atoms with Crippen molar-refractivity contribution in [3.63, 3.8) is 0 Å². The molecule has 0 aliphatic rings. The molecular weight excluding hydrogens is 152 g/mol. The van der Waals surface area contributed by atoms with E-state index in [1.807, 2.05) is 0 Å². The van der Waals surface area contributed by atoms with Crippen molar-refractivity contribution >= 4 is 4.68 Å². The molecule has 5 heavy (non-hydrogen) atoms. The van der Waals surface area contributed by atoms with E-state index >= 15 is 0 Å². The van der Waals surface area contributed by atoms with Gasteiger partial charge in [-0.25, -0.2) is 0 Å². The van der Waals surface area contributed by atoms with Gasteiger partial charge in [-0.3, -0.25) is 0 Å². The van der Waals surface area contributed by atoms with Crippen LogP contribution in [0.1, 0.15) is 6.92 Å². The number of carbonyl (C=O) groups excluding carboxylic acids is 1. The Morgan fingerprint density at radius 3 is 1.80 bits per heavy atom. The van der Waals surface area contributed by atoms with Gasteiger partial charge >= 0.3 is 32.4 Å². The number of hydrogen-bond donors (Lipinski definition) is 0. The first kappa shape index (κ1) is 9.20. The summed E-state index contributed by atoms with van der Waals surface area (Å²) in [6, 6.07) is 0. The first-order valence-electron chi connectivity index (χ1n) is 0.881. The molecule has 0 aromatic heterocycles. The maximum absolute atomic E-state index is 9.33. The maximum Gasteiger partial charge on any atom is 0 e. The Labute approximate surface area is 49.8 Å². The van der Waals surface area contributed by atoms with Crippen molar-refractivity contribution in [2.75, 3.05) is 0 Å². The molecule has 0 unspecified atom stereocenters. The smallest absolute Gasteiger partial charge is 0 e. The summed E-state index contributed by atoms with van der Waals surface area (Å²) in [6.45, 7) is 1.42. The van der Waals surface area contributed by atoms with Gasteiger partial charge < -0.3 is 0 Å². The minimum Gasteiger partial charge on any atom is 0 e. The van der Waals surface area contributed by atoms with Crippen LogP contribution >= 0.6 is 0 Å². The second-order valence-electron chi connectivity index (χ2n) is 0.453. The molecule has 0 saturated carbocycles. The third-order valence-corrected chi connectivity index (χ3v) is 0. The zero-order chi connectivity index (χ0) is 3.58. The molecule has 0 radical (unpaired) electrons. The minimum absolute atomic E-state index is 0. The first-order valence-corrected chi connectivity index (χ1v) is 1.43. The molecule has 0 saturated heterocycles. The van der Waals surface area contributed by atoms with Gasteiger partial charge in [0.05, 0.1) is 0 Å². The van der Waals surface area contributed by atoms with E-state index in [1.54, 1.807) is 0 Å². The summed E-state index contributed by atoms with van der Waals surface area (Å²) < 4.78 is -0.0833. The molecule has 1 nitrogen and oxygen atoms in total. The van der Waals surface area contributed by atoms with Crippen molar-refractivity contribution in [2.45, 2.75) is 6.92 Å². The predicted molar refractivity (Wildman–Crippen MR) is 10.7 cm³/mol. The van der Waals surface area contributed by atoms with E-state index in [2.05, 4.69) is 16.0 Å². The fraction of sp³-hybridized carbons (Fsp3) is 0.500. The molecule has 0 aromatic rings. The van der Waals surface area contributed by atoms with Crippen LogP contribution in [-0.2, 0) is 37.9 Å². The summed E-state index contributed by atoms with van der Waals surface area (Å²) in [4.78, 5) is 9.33. The molecule has 0 spiro atoms. The van der Waals surface area contributed by atoms with Crippen LogP contribution in [-0.4, -0.2) is 4.68 Å². The van der Waals surface area contributed by atoms with Gasteiger partial charge in [0.2, 0.25) is 0 Å². The van der Waals surface area contributed by atoms with Crippen molar-refractivity contribution in [1.82, 2.24) is 0 Å². The molecule has 0 aromatic carbocycles. The SMILES string of the molecule is C[C](=O)[Fe].[Fe]. The minimum atomic E-state index is -0.0833. The average Bonchev–Trinajstić information content (AvgIpc) is 0.811. The summed E-state index contributed by atoms with van der Waals surface area (Å²) in [5.41, 5.74) is 0. The average molecular weight is 155 g/mol. The zero-order valence-electron chi connectivity index (χ0n) is 2.62. The Bertz CT molecular complexity index is 30.6. The largest absolute Gasteiger partial charge is 0 e. The van der Waals surface area contributed by atoms with Gasteiger partial charge in [-0.05, 0) is 0 Å². The molecule has 33 valence electrons. The van der Waals surface area contributed by atoms with Crippen LogP contribution in [0.25, 0.3) is 0 Å². The van der Waals surface area contributed by atoms with Crippen LogP contribution in [0.15, 0.2) is 0 Å². The summed E-state index contributed by atoms with van der Waals surface area (Å²) in [6.07, 6.45) is 0. The van der Waals surface area contributed by atoms with Crippen LogP contribution in [0.4, 0.5) is 0 Å². The fourth-order valence-electron chi connectivity index (χ4n) is 0. The van der Waals surface area contributed by atoms with Gasteiger partial charge in [0.15, 0.2) is 0 Å². The van der Waals surface area contributed by atoms with Gasteiger partial charge in [0, 0.05) is 17.1 Å². The third-order valence-electron chi connectivity index (χ3n) is 0. The van der Waals surface area contributed by atoms with Gasteiger partial charge in [0.1, 0.15) is 0 Å². The Hall–Kier alpha value is 0.709. The van der Waals surface area contributed by atoms with Crippen molar-refractivity contribution in [2.24, 2.45) is 0 Å². The van der Waals surface area contributed by atoms with E-state index < -0.39 is 0 Å². The summed E-state index contributed by atoms with van der Waals surface area (Å²) >= 11 is 3.00. The van der Waals surface area contributed by atoms with Crippen molar-refractivity contribution in [1.29, 1.82) is 0 Å². The van der Waals surface area contributed by atoms with Crippen molar-refractivity contribution in [3.8, 4) is 0 Å². The number of carbonyl (C=O) groups is 1. The molecule has 0 atom stereocenters. The Morgan fingerprint density at radius 1 is 1.80 bits per heavy atom. The Balaban J connectivity index is 0. The van der Waals surface area contributed by atoms with Gasteiger partial charge in [0.25, 0.3) is 0 Å². The fourth-order valence-corrected chi connectivity index (χ4v) is 0. The Kier molecular flexibility index (Phi) is 8.67. The van der Waals surface area contributed by atoms with Crippen molar-refractivity contribution < 1.29 is 37.9 Å². The third kappa shape index (κ3) is 68.8. The van der Waals surface area contributed by atoms with Crippen LogP contribution in [0, 0.1) is 0 Å². The van der Waals surface area contributed by atoms with Crippen molar-refractivity contribution in [3.05, 3.63) is 0 Å². The molecule has 0 aliphatic heterocycles. The molecule has 0 amide bonds. The van der Waals surface area contributed by atoms with Crippen LogP contribution in [0.3, 0.4) is 0 Å². The normalized spacial score (nSPS) is 5.20. The molecule has 0 N–H and O–H groups in total. The topological polar surface area (TPSA) is 17.1 Å². The molecule has 0 bridgehead atoms. The van der Waals surface area contributed by atoms with E-state index in [1.165, 1.54) is 6.92 Å². The van der Waals surface area contributed by atoms with E-state index in [0.717, 1.165) is 0 Å². The zero-order valence-corrected chi connectivity index (χ0v) is 4.82. The molecule has 0 aliphatic carbocycles. The van der Waals surface area contributed by atoms with Crippen LogP contribution in [0.2, 0.25) is 0 Å². The molecular formula is C2H3Fe2O. The monoisotopic (exact) mass is 155 g/mol. The van der Waals surface area contributed by atoms with E-state index in [-0.39, 0.29) is 21.8 Å². The summed E-state index contributed by atoms with van der Waals surface area (Å²) in [5.74, 6) is 0. The standard InChI is InChI=1S/C2H3O.2Fe/c1-2-3;;/h1H3;;. The Morgan fingerprint density at radius 2 is 1.80 bits per heavy atom. The number of rotatable bonds is 0. The van der Waals surface area contributed by atoms with E-state index in [0.29, 0.717) is 0 Å². The quantitative estimate of drug-likeness (QED) is 0.452. The molecule has 3 heteroatoms. The molecule has 0 heterocycles. The first-order chi connectivity index (χ1) is 1.73. The summed E-state index contributed by atoms with van der Waals surface area (Å²) in [5, 5.41) is 0. The molecule has 0 fully saturated rings. The molecule has 0 rings (SSSR count). The predicted octanol–water partition coefficient (Wildman–Crippen LogP) is 0.0772.